The lowest BCUT2D eigenvalue weighted by atomic mass is 9.72. The summed E-state index contributed by atoms with van der Waals surface area (Å²) in [4.78, 5) is 0. The Labute approximate surface area is 99.9 Å². The van der Waals surface area contributed by atoms with Crippen LogP contribution in [0.5, 0.6) is 0 Å². The van der Waals surface area contributed by atoms with Crippen LogP contribution in [0.4, 0.5) is 0 Å². The molecular formula is C14H27NO. The molecule has 1 heterocycles. The summed E-state index contributed by atoms with van der Waals surface area (Å²) in [5.74, 6) is 3.25. The van der Waals surface area contributed by atoms with Gasteiger partial charge >= 0.3 is 0 Å². The molecule has 2 N–H and O–H groups in total. The number of rotatable bonds is 3. The van der Waals surface area contributed by atoms with Crippen LogP contribution < -0.4 is 5.73 Å². The number of ether oxygens (including phenoxy) is 1. The van der Waals surface area contributed by atoms with E-state index in [0.29, 0.717) is 6.04 Å². The van der Waals surface area contributed by atoms with Gasteiger partial charge < -0.3 is 10.5 Å². The van der Waals surface area contributed by atoms with Crippen LogP contribution in [0.15, 0.2) is 0 Å². The highest BCUT2D eigenvalue weighted by Crippen LogP contribution is 2.36. The Morgan fingerprint density at radius 2 is 1.88 bits per heavy atom. The summed E-state index contributed by atoms with van der Waals surface area (Å²) in [6.07, 6.45) is 6.50. The van der Waals surface area contributed by atoms with Gasteiger partial charge in [0.2, 0.25) is 0 Å². The van der Waals surface area contributed by atoms with Gasteiger partial charge in [0.15, 0.2) is 0 Å². The van der Waals surface area contributed by atoms with Crippen LogP contribution in [-0.2, 0) is 4.74 Å². The smallest absolute Gasteiger partial charge is 0.0495 e. The van der Waals surface area contributed by atoms with Crippen molar-refractivity contribution in [3.8, 4) is 0 Å². The molecule has 1 aliphatic carbocycles. The van der Waals surface area contributed by atoms with E-state index < -0.39 is 0 Å². The molecule has 94 valence electrons. The zero-order chi connectivity index (χ0) is 11.5. The molecule has 1 aliphatic heterocycles. The molecule has 0 amide bonds. The monoisotopic (exact) mass is 225 g/mol. The summed E-state index contributed by atoms with van der Waals surface area (Å²) >= 11 is 0. The van der Waals surface area contributed by atoms with Gasteiger partial charge in [-0.2, -0.15) is 0 Å². The van der Waals surface area contributed by atoms with Crippen LogP contribution in [0.3, 0.4) is 0 Å². The van der Waals surface area contributed by atoms with E-state index in [1.807, 2.05) is 0 Å². The molecule has 1 saturated carbocycles. The van der Waals surface area contributed by atoms with E-state index in [4.69, 9.17) is 10.5 Å². The third-order valence-corrected chi connectivity index (χ3v) is 4.45. The lowest BCUT2D eigenvalue weighted by molar-refractivity contribution is 0.162. The molecule has 0 aromatic rings. The van der Waals surface area contributed by atoms with E-state index in [0.717, 1.165) is 36.9 Å². The second-order valence-electron chi connectivity index (χ2n) is 6.31. The van der Waals surface area contributed by atoms with Gasteiger partial charge in [-0.05, 0) is 55.8 Å². The minimum absolute atomic E-state index is 0.414. The average molecular weight is 225 g/mol. The Kier molecular flexibility index (Phi) is 4.26. The van der Waals surface area contributed by atoms with Crippen LogP contribution in [0.2, 0.25) is 0 Å². The Bertz CT molecular complexity index is 203. The molecule has 4 unspecified atom stereocenters. The third kappa shape index (κ3) is 3.21. The molecule has 2 nitrogen and oxygen atoms in total. The largest absolute Gasteiger partial charge is 0.381 e. The van der Waals surface area contributed by atoms with E-state index >= 15 is 0 Å². The fourth-order valence-corrected chi connectivity index (χ4v) is 3.71. The SMILES string of the molecule is CC1CC(C)CC(C(N)CC2CCOC2)C1. The molecule has 2 heteroatoms. The summed E-state index contributed by atoms with van der Waals surface area (Å²) in [5.41, 5.74) is 6.40. The first kappa shape index (κ1) is 12.4. The zero-order valence-corrected chi connectivity index (χ0v) is 10.8. The van der Waals surface area contributed by atoms with Gasteiger partial charge in [0, 0.05) is 19.3 Å². The highest BCUT2D eigenvalue weighted by molar-refractivity contribution is 4.84. The number of nitrogens with two attached hydrogens (primary N) is 1. The summed E-state index contributed by atoms with van der Waals surface area (Å²) in [6.45, 7) is 6.67. The van der Waals surface area contributed by atoms with Crippen molar-refractivity contribution in [2.75, 3.05) is 13.2 Å². The zero-order valence-electron chi connectivity index (χ0n) is 10.8. The molecule has 2 rings (SSSR count). The van der Waals surface area contributed by atoms with E-state index in [1.165, 1.54) is 32.1 Å². The van der Waals surface area contributed by atoms with Crippen LogP contribution in [0.25, 0.3) is 0 Å². The minimum atomic E-state index is 0.414. The maximum absolute atomic E-state index is 6.40. The molecule has 16 heavy (non-hydrogen) atoms. The highest BCUT2D eigenvalue weighted by atomic mass is 16.5. The van der Waals surface area contributed by atoms with E-state index in [-0.39, 0.29) is 0 Å². The van der Waals surface area contributed by atoms with Gasteiger partial charge in [-0.3, -0.25) is 0 Å². The topological polar surface area (TPSA) is 35.2 Å². The molecule has 0 spiro atoms. The first-order valence-electron chi connectivity index (χ1n) is 6.98. The number of hydrogen-bond acceptors (Lipinski definition) is 2. The summed E-state index contributed by atoms with van der Waals surface area (Å²) in [7, 11) is 0. The van der Waals surface area contributed by atoms with Crippen molar-refractivity contribution in [3.05, 3.63) is 0 Å². The molecule has 0 aromatic carbocycles. The standard InChI is InChI=1S/C14H27NO/c1-10-5-11(2)7-13(6-10)14(15)8-12-3-4-16-9-12/h10-14H,3-9,15H2,1-2H3. The average Bonchev–Trinajstić information content (AvgIpc) is 2.68. The first-order chi connectivity index (χ1) is 7.65. The van der Waals surface area contributed by atoms with Crippen LogP contribution in [-0.4, -0.2) is 19.3 Å². The van der Waals surface area contributed by atoms with Crippen molar-refractivity contribution in [1.82, 2.24) is 0 Å². The van der Waals surface area contributed by atoms with Crippen LogP contribution in [0, 0.1) is 23.7 Å². The summed E-state index contributed by atoms with van der Waals surface area (Å²) in [5, 5.41) is 0. The molecular weight excluding hydrogens is 198 g/mol. The maximum atomic E-state index is 6.40. The van der Waals surface area contributed by atoms with Crippen molar-refractivity contribution in [2.45, 2.75) is 52.0 Å². The molecule has 0 radical (unpaired) electrons. The van der Waals surface area contributed by atoms with Gasteiger partial charge in [0.05, 0.1) is 0 Å². The normalized spacial score (nSPS) is 42.2. The third-order valence-electron chi connectivity index (χ3n) is 4.45. The van der Waals surface area contributed by atoms with Crippen molar-refractivity contribution >= 4 is 0 Å². The molecule has 0 bridgehead atoms. The van der Waals surface area contributed by atoms with Gasteiger partial charge in [0.1, 0.15) is 0 Å². The van der Waals surface area contributed by atoms with Crippen molar-refractivity contribution in [2.24, 2.45) is 29.4 Å². The molecule has 2 fully saturated rings. The Morgan fingerprint density at radius 3 is 2.44 bits per heavy atom. The molecule has 2 aliphatic rings. The van der Waals surface area contributed by atoms with Crippen LogP contribution >= 0.6 is 0 Å². The van der Waals surface area contributed by atoms with E-state index in [9.17, 15) is 0 Å². The second-order valence-corrected chi connectivity index (χ2v) is 6.31. The molecule has 4 atom stereocenters. The van der Waals surface area contributed by atoms with Gasteiger partial charge in [-0.1, -0.05) is 13.8 Å². The fraction of sp³-hybridized carbons (Fsp3) is 1.00. The van der Waals surface area contributed by atoms with Gasteiger partial charge in [-0.25, -0.2) is 0 Å². The van der Waals surface area contributed by atoms with E-state index in [1.54, 1.807) is 0 Å². The van der Waals surface area contributed by atoms with Crippen molar-refractivity contribution < 1.29 is 4.74 Å². The Morgan fingerprint density at radius 1 is 1.19 bits per heavy atom. The molecule has 0 aromatic heterocycles. The van der Waals surface area contributed by atoms with Gasteiger partial charge in [0.25, 0.3) is 0 Å². The number of hydrogen-bond donors (Lipinski definition) is 1. The van der Waals surface area contributed by atoms with Gasteiger partial charge in [-0.15, -0.1) is 0 Å². The Balaban J connectivity index is 1.80. The maximum Gasteiger partial charge on any atom is 0.0495 e. The summed E-state index contributed by atoms with van der Waals surface area (Å²) < 4.78 is 5.43. The van der Waals surface area contributed by atoms with E-state index in [2.05, 4.69) is 13.8 Å². The quantitative estimate of drug-likeness (QED) is 0.801. The van der Waals surface area contributed by atoms with Crippen molar-refractivity contribution in [1.29, 1.82) is 0 Å². The lowest BCUT2D eigenvalue weighted by Crippen LogP contribution is -2.37. The molecule has 1 saturated heterocycles. The van der Waals surface area contributed by atoms with Crippen LogP contribution in [0.1, 0.15) is 46.0 Å². The lowest BCUT2D eigenvalue weighted by Gasteiger charge is -2.35. The predicted molar refractivity (Wildman–Crippen MR) is 67.2 cm³/mol. The minimum Gasteiger partial charge on any atom is -0.381 e. The Hall–Kier alpha value is -0.0800. The fourth-order valence-electron chi connectivity index (χ4n) is 3.71. The van der Waals surface area contributed by atoms with Crippen molar-refractivity contribution in [3.63, 3.8) is 0 Å². The second kappa shape index (κ2) is 5.50. The highest BCUT2D eigenvalue weighted by Gasteiger charge is 2.30. The first-order valence-corrected chi connectivity index (χ1v) is 6.98. The predicted octanol–water partition coefficient (Wildman–Crippen LogP) is 2.81. The summed E-state index contributed by atoms with van der Waals surface area (Å²) in [6, 6.07) is 0.414.